The zero-order valence-electron chi connectivity index (χ0n) is 15.5. The number of carbonyl (C=O) groups excluding carboxylic acids is 1. The van der Waals surface area contributed by atoms with Gasteiger partial charge in [0, 0.05) is 42.2 Å². The molecule has 0 saturated carbocycles. The fraction of sp³-hybridized carbons (Fsp3) is 0.381. The number of hydrogen-bond donors (Lipinski definition) is 2. The van der Waals surface area contributed by atoms with E-state index in [0.29, 0.717) is 28.9 Å². The predicted octanol–water partition coefficient (Wildman–Crippen LogP) is 3.05. The molecule has 0 bridgehead atoms. The van der Waals surface area contributed by atoms with Gasteiger partial charge in [0.1, 0.15) is 17.6 Å². The number of aliphatic hydroxyl groups is 1. The van der Waals surface area contributed by atoms with E-state index in [9.17, 15) is 15.0 Å². The first kappa shape index (κ1) is 18.0. The van der Waals surface area contributed by atoms with E-state index in [1.807, 2.05) is 18.2 Å². The van der Waals surface area contributed by atoms with E-state index < -0.39 is 18.0 Å². The maximum absolute atomic E-state index is 12.9. The molecule has 1 heterocycles. The van der Waals surface area contributed by atoms with Crippen molar-refractivity contribution >= 4 is 5.78 Å². The monoisotopic (exact) mass is 370 g/mol. The third kappa shape index (κ3) is 2.81. The zero-order valence-corrected chi connectivity index (χ0v) is 15.5. The minimum atomic E-state index is -1.10. The van der Waals surface area contributed by atoms with Crippen LogP contribution in [0.15, 0.2) is 30.3 Å². The normalized spacial score (nSPS) is 26.6. The molecule has 0 aromatic heterocycles. The lowest BCUT2D eigenvalue weighted by Crippen LogP contribution is -2.36. The van der Waals surface area contributed by atoms with Crippen molar-refractivity contribution in [2.24, 2.45) is 0 Å². The third-order valence-electron chi connectivity index (χ3n) is 5.27. The zero-order chi connectivity index (χ0) is 19.3. The number of hydrogen-bond acceptors (Lipinski definition) is 6. The number of fused-ring (bicyclic) bond motifs is 2. The predicted molar refractivity (Wildman–Crippen MR) is 97.1 cm³/mol. The second kappa shape index (κ2) is 6.34. The van der Waals surface area contributed by atoms with Crippen molar-refractivity contribution in [1.29, 1.82) is 0 Å². The third-order valence-corrected chi connectivity index (χ3v) is 5.27. The Morgan fingerprint density at radius 1 is 1.15 bits per heavy atom. The number of rotatable bonds is 3. The van der Waals surface area contributed by atoms with Crippen molar-refractivity contribution in [3.63, 3.8) is 0 Å². The van der Waals surface area contributed by atoms with E-state index in [4.69, 9.17) is 14.2 Å². The molecule has 2 N–H and O–H groups in total. The number of carbonyl (C=O) groups is 1. The highest BCUT2D eigenvalue weighted by molar-refractivity contribution is 6.01. The number of aromatic hydroxyl groups is 1. The van der Waals surface area contributed by atoms with Crippen LogP contribution in [0, 0.1) is 0 Å². The standard InChI is InChI=1S/C21H22O6/c1-21(24)9-11-7-8-13(22)18(16(11)14(23)10-21)19-17-12(20(26-3)27-19)5-4-6-15(17)25-2/h4-8,19-20,22,24H,9-10H2,1-3H3/t19-,20-,21-/m1/s1. The molecule has 0 saturated heterocycles. The van der Waals surface area contributed by atoms with Crippen molar-refractivity contribution in [1.82, 2.24) is 0 Å². The Morgan fingerprint density at radius 2 is 1.93 bits per heavy atom. The fourth-order valence-corrected chi connectivity index (χ4v) is 4.19. The molecular formula is C21H22O6. The molecule has 6 heteroatoms. The van der Waals surface area contributed by atoms with E-state index in [1.54, 1.807) is 33.3 Å². The van der Waals surface area contributed by atoms with Gasteiger partial charge >= 0.3 is 0 Å². The van der Waals surface area contributed by atoms with E-state index in [-0.39, 0.29) is 18.0 Å². The lowest BCUT2D eigenvalue weighted by molar-refractivity contribution is -0.132. The van der Waals surface area contributed by atoms with Crippen LogP contribution in [0.3, 0.4) is 0 Å². The number of Topliss-reactive ketones (excluding diaryl/α,β-unsaturated/α-hetero) is 1. The van der Waals surface area contributed by atoms with Crippen LogP contribution in [-0.2, 0) is 15.9 Å². The van der Waals surface area contributed by atoms with Gasteiger partial charge in [-0.2, -0.15) is 0 Å². The molecule has 27 heavy (non-hydrogen) atoms. The molecule has 6 nitrogen and oxygen atoms in total. The lowest BCUT2D eigenvalue weighted by atomic mass is 9.77. The highest BCUT2D eigenvalue weighted by Crippen LogP contribution is 2.51. The van der Waals surface area contributed by atoms with Crippen LogP contribution in [0.1, 0.15) is 58.4 Å². The van der Waals surface area contributed by atoms with Crippen LogP contribution in [-0.4, -0.2) is 35.8 Å². The first-order chi connectivity index (χ1) is 12.9. The molecule has 142 valence electrons. The van der Waals surface area contributed by atoms with Gasteiger partial charge in [-0.25, -0.2) is 0 Å². The topological polar surface area (TPSA) is 85.2 Å². The Labute approximate surface area is 157 Å². The summed E-state index contributed by atoms with van der Waals surface area (Å²) in [5, 5.41) is 21.0. The number of methoxy groups -OCH3 is 2. The highest BCUT2D eigenvalue weighted by atomic mass is 16.7. The summed E-state index contributed by atoms with van der Waals surface area (Å²) in [6.45, 7) is 1.64. The molecule has 0 fully saturated rings. The van der Waals surface area contributed by atoms with Crippen LogP contribution in [0.25, 0.3) is 0 Å². The van der Waals surface area contributed by atoms with Crippen LogP contribution in [0.4, 0.5) is 0 Å². The number of phenolic OH excluding ortho intramolecular Hbond substituents is 1. The molecule has 2 aromatic carbocycles. The summed E-state index contributed by atoms with van der Waals surface area (Å²) in [5.41, 5.74) is 1.96. The Kier molecular flexibility index (Phi) is 4.22. The molecule has 1 aliphatic heterocycles. The summed E-state index contributed by atoms with van der Waals surface area (Å²) in [4.78, 5) is 12.9. The van der Waals surface area contributed by atoms with Gasteiger partial charge in [-0.15, -0.1) is 0 Å². The number of phenols is 1. The van der Waals surface area contributed by atoms with Gasteiger partial charge in [-0.3, -0.25) is 4.79 Å². The molecular weight excluding hydrogens is 348 g/mol. The quantitative estimate of drug-likeness (QED) is 0.864. The first-order valence-electron chi connectivity index (χ1n) is 8.81. The summed E-state index contributed by atoms with van der Waals surface area (Å²) in [7, 11) is 3.11. The Balaban J connectivity index is 1.93. The molecule has 2 aliphatic rings. The van der Waals surface area contributed by atoms with Crippen molar-refractivity contribution in [3.8, 4) is 11.5 Å². The maximum atomic E-state index is 12.9. The second-order valence-corrected chi connectivity index (χ2v) is 7.35. The molecule has 0 unspecified atom stereocenters. The average Bonchev–Trinajstić information content (AvgIpc) is 3.00. The Bertz CT molecular complexity index is 917. The highest BCUT2D eigenvalue weighted by Gasteiger charge is 2.42. The molecule has 0 spiro atoms. The number of benzene rings is 2. The summed E-state index contributed by atoms with van der Waals surface area (Å²) < 4.78 is 17.0. The Morgan fingerprint density at radius 3 is 2.63 bits per heavy atom. The van der Waals surface area contributed by atoms with Gasteiger partial charge in [0.15, 0.2) is 12.1 Å². The molecule has 1 aliphatic carbocycles. The van der Waals surface area contributed by atoms with Gasteiger partial charge in [0.2, 0.25) is 0 Å². The van der Waals surface area contributed by atoms with E-state index in [2.05, 4.69) is 0 Å². The maximum Gasteiger partial charge on any atom is 0.185 e. The van der Waals surface area contributed by atoms with Crippen LogP contribution in [0.2, 0.25) is 0 Å². The lowest BCUT2D eigenvalue weighted by Gasteiger charge is -2.31. The smallest absolute Gasteiger partial charge is 0.185 e. The summed E-state index contributed by atoms with van der Waals surface area (Å²) in [5.74, 6) is 0.361. The summed E-state index contributed by atoms with van der Waals surface area (Å²) in [6, 6.07) is 8.77. The van der Waals surface area contributed by atoms with Gasteiger partial charge in [-0.05, 0) is 24.6 Å². The molecule has 0 radical (unpaired) electrons. The minimum absolute atomic E-state index is 0.00430. The largest absolute Gasteiger partial charge is 0.508 e. The Hall–Kier alpha value is -2.41. The molecule has 3 atom stereocenters. The van der Waals surface area contributed by atoms with Crippen molar-refractivity contribution in [2.75, 3.05) is 14.2 Å². The molecule has 2 aromatic rings. The minimum Gasteiger partial charge on any atom is -0.508 e. The SMILES string of the molecule is COc1cccc2c1[C@H](c1c(O)ccc3c1C(=O)C[C@](C)(O)C3)O[C@H]2OC. The van der Waals surface area contributed by atoms with Crippen LogP contribution >= 0.6 is 0 Å². The van der Waals surface area contributed by atoms with Gasteiger partial charge < -0.3 is 24.4 Å². The number of ketones is 1. The molecule has 4 rings (SSSR count). The van der Waals surface area contributed by atoms with E-state index in [1.165, 1.54) is 0 Å². The molecule has 0 amide bonds. The van der Waals surface area contributed by atoms with Gasteiger partial charge in [0.25, 0.3) is 0 Å². The van der Waals surface area contributed by atoms with Gasteiger partial charge in [0.05, 0.1) is 12.7 Å². The van der Waals surface area contributed by atoms with Crippen molar-refractivity contribution in [2.45, 2.75) is 37.8 Å². The average molecular weight is 370 g/mol. The van der Waals surface area contributed by atoms with E-state index in [0.717, 1.165) is 11.1 Å². The second-order valence-electron chi connectivity index (χ2n) is 7.35. The van der Waals surface area contributed by atoms with Gasteiger partial charge in [-0.1, -0.05) is 18.2 Å². The number of ether oxygens (including phenoxy) is 3. The first-order valence-corrected chi connectivity index (χ1v) is 8.81. The summed E-state index contributed by atoms with van der Waals surface area (Å²) >= 11 is 0. The van der Waals surface area contributed by atoms with Crippen molar-refractivity contribution in [3.05, 3.63) is 58.1 Å². The fourth-order valence-electron chi connectivity index (χ4n) is 4.19. The van der Waals surface area contributed by atoms with Crippen molar-refractivity contribution < 1.29 is 29.2 Å². The van der Waals surface area contributed by atoms with E-state index >= 15 is 0 Å². The van der Waals surface area contributed by atoms with Crippen LogP contribution in [0.5, 0.6) is 11.5 Å². The van der Waals surface area contributed by atoms with Crippen LogP contribution < -0.4 is 4.74 Å². The summed E-state index contributed by atoms with van der Waals surface area (Å²) in [6.07, 6.45) is -1.00.